The summed E-state index contributed by atoms with van der Waals surface area (Å²) in [4.78, 5) is 17.0. The predicted octanol–water partition coefficient (Wildman–Crippen LogP) is 4.00. The third-order valence-corrected chi connectivity index (χ3v) is 4.20. The molecule has 0 unspecified atom stereocenters. The van der Waals surface area contributed by atoms with Crippen LogP contribution in [0.25, 0.3) is 10.9 Å². The molecule has 3 rings (SSSR count). The zero-order chi connectivity index (χ0) is 19.1. The number of para-hydroxylation sites is 1. The molecule has 1 aromatic heterocycles. The molecule has 140 valence electrons. The summed E-state index contributed by atoms with van der Waals surface area (Å²) in [6, 6.07) is 15.3. The highest BCUT2D eigenvalue weighted by Gasteiger charge is 2.11. The maximum atomic E-state index is 12.5. The number of amides is 1. The highest BCUT2D eigenvalue weighted by molar-refractivity contribution is 5.95. The summed E-state index contributed by atoms with van der Waals surface area (Å²) in [5, 5.41) is 4.08. The summed E-state index contributed by atoms with van der Waals surface area (Å²) in [6.07, 6.45) is 2.51. The van der Waals surface area contributed by atoms with Crippen LogP contribution in [0.1, 0.15) is 29.8 Å². The Balaban J connectivity index is 1.66. The number of hydrogen-bond acceptors (Lipinski definition) is 4. The van der Waals surface area contributed by atoms with Crippen molar-refractivity contribution in [1.82, 2.24) is 10.3 Å². The molecule has 3 aromatic rings. The molecule has 0 fully saturated rings. The van der Waals surface area contributed by atoms with Crippen molar-refractivity contribution in [2.75, 3.05) is 19.8 Å². The van der Waals surface area contributed by atoms with Gasteiger partial charge in [0.15, 0.2) is 11.5 Å². The van der Waals surface area contributed by atoms with Gasteiger partial charge in [-0.3, -0.25) is 9.78 Å². The molecule has 0 aliphatic rings. The molecule has 1 N–H and O–H groups in total. The smallest absolute Gasteiger partial charge is 0.251 e. The first-order valence-electron chi connectivity index (χ1n) is 9.23. The number of benzene rings is 2. The number of nitrogens with one attached hydrogen (secondary N) is 1. The standard InChI is InChI=1S/C22H24N2O3/c1-3-26-19-11-10-18(15-20(19)27-4-2)22(25)24-14-12-17-8-5-7-16-9-6-13-23-21(16)17/h5-11,13,15H,3-4,12,14H2,1-2H3,(H,24,25). The molecule has 0 radical (unpaired) electrons. The molecule has 0 saturated heterocycles. The summed E-state index contributed by atoms with van der Waals surface area (Å²) in [7, 11) is 0. The molecule has 5 heteroatoms. The molecule has 1 amide bonds. The second-order valence-electron chi connectivity index (χ2n) is 6.03. The molecule has 0 aliphatic heterocycles. The monoisotopic (exact) mass is 364 g/mol. The second kappa shape index (κ2) is 9.03. The van der Waals surface area contributed by atoms with Crippen LogP contribution < -0.4 is 14.8 Å². The quantitative estimate of drug-likeness (QED) is 0.656. The highest BCUT2D eigenvalue weighted by atomic mass is 16.5. The van der Waals surface area contributed by atoms with E-state index in [4.69, 9.17) is 9.47 Å². The number of carbonyl (C=O) groups is 1. The van der Waals surface area contributed by atoms with E-state index < -0.39 is 0 Å². The van der Waals surface area contributed by atoms with Gasteiger partial charge >= 0.3 is 0 Å². The topological polar surface area (TPSA) is 60.5 Å². The lowest BCUT2D eigenvalue weighted by atomic mass is 10.1. The molecule has 27 heavy (non-hydrogen) atoms. The Hall–Kier alpha value is -3.08. The largest absolute Gasteiger partial charge is 0.490 e. The minimum atomic E-state index is -0.132. The SMILES string of the molecule is CCOc1ccc(C(=O)NCCc2cccc3cccnc23)cc1OCC. The van der Waals surface area contributed by atoms with Crippen LogP contribution in [0.5, 0.6) is 11.5 Å². The zero-order valence-electron chi connectivity index (χ0n) is 15.7. The first-order valence-corrected chi connectivity index (χ1v) is 9.23. The van der Waals surface area contributed by atoms with Crippen molar-refractivity contribution in [1.29, 1.82) is 0 Å². The van der Waals surface area contributed by atoms with E-state index in [9.17, 15) is 4.79 Å². The van der Waals surface area contributed by atoms with Crippen LogP contribution in [0.15, 0.2) is 54.7 Å². The molecular weight excluding hydrogens is 340 g/mol. The van der Waals surface area contributed by atoms with Crippen molar-refractivity contribution >= 4 is 16.8 Å². The van der Waals surface area contributed by atoms with E-state index in [2.05, 4.69) is 10.3 Å². The Labute approximate surface area is 159 Å². The van der Waals surface area contributed by atoms with Crippen molar-refractivity contribution < 1.29 is 14.3 Å². The average Bonchev–Trinajstić information content (AvgIpc) is 2.70. The fraction of sp³-hybridized carbons (Fsp3) is 0.273. The maximum absolute atomic E-state index is 12.5. The van der Waals surface area contributed by atoms with Crippen LogP contribution in [-0.2, 0) is 6.42 Å². The number of nitrogens with zero attached hydrogens (tertiary/aromatic N) is 1. The molecule has 5 nitrogen and oxygen atoms in total. The van der Waals surface area contributed by atoms with Gasteiger partial charge in [-0.05, 0) is 50.1 Å². The van der Waals surface area contributed by atoms with Gasteiger partial charge in [-0.25, -0.2) is 0 Å². The summed E-state index contributed by atoms with van der Waals surface area (Å²) < 4.78 is 11.1. The van der Waals surface area contributed by atoms with Crippen LogP contribution in [0.4, 0.5) is 0 Å². The maximum Gasteiger partial charge on any atom is 0.251 e. The van der Waals surface area contributed by atoms with Gasteiger partial charge in [-0.2, -0.15) is 0 Å². The third kappa shape index (κ3) is 4.56. The summed E-state index contributed by atoms with van der Waals surface area (Å²) in [6.45, 7) is 5.41. The number of carbonyl (C=O) groups excluding carboxylic acids is 1. The second-order valence-corrected chi connectivity index (χ2v) is 6.03. The molecule has 0 saturated carbocycles. The number of ether oxygens (including phenoxy) is 2. The lowest BCUT2D eigenvalue weighted by Crippen LogP contribution is -2.25. The molecule has 0 bridgehead atoms. The van der Waals surface area contributed by atoms with Crippen molar-refractivity contribution in [2.45, 2.75) is 20.3 Å². The van der Waals surface area contributed by atoms with E-state index in [1.54, 1.807) is 24.4 Å². The minimum Gasteiger partial charge on any atom is -0.490 e. The average molecular weight is 364 g/mol. The number of fused-ring (bicyclic) bond motifs is 1. The Morgan fingerprint density at radius 3 is 2.59 bits per heavy atom. The number of hydrogen-bond donors (Lipinski definition) is 1. The van der Waals surface area contributed by atoms with Crippen molar-refractivity contribution in [3.63, 3.8) is 0 Å². The van der Waals surface area contributed by atoms with Gasteiger partial charge in [0.25, 0.3) is 5.91 Å². The zero-order valence-corrected chi connectivity index (χ0v) is 15.7. The van der Waals surface area contributed by atoms with Gasteiger partial charge in [-0.1, -0.05) is 24.3 Å². The van der Waals surface area contributed by atoms with Crippen LogP contribution in [0, 0.1) is 0 Å². The van der Waals surface area contributed by atoms with Crippen LogP contribution in [-0.4, -0.2) is 30.6 Å². The first-order chi connectivity index (χ1) is 13.2. The molecule has 0 spiro atoms. The van der Waals surface area contributed by atoms with Crippen molar-refractivity contribution in [3.8, 4) is 11.5 Å². The summed E-state index contributed by atoms with van der Waals surface area (Å²) in [5.74, 6) is 1.11. The predicted molar refractivity (Wildman–Crippen MR) is 107 cm³/mol. The van der Waals surface area contributed by atoms with E-state index in [0.717, 1.165) is 22.9 Å². The first kappa shape index (κ1) is 18.7. The third-order valence-electron chi connectivity index (χ3n) is 4.20. The van der Waals surface area contributed by atoms with Gasteiger partial charge in [0.1, 0.15) is 0 Å². The molecule has 1 heterocycles. The van der Waals surface area contributed by atoms with Gasteiger partial charge in [0, 0.05) is 23.7 Å². The lowest BCUT2D eigenvalue weighted by molar-refractivity contribution is 0.0953. The van der Waals surface area contributed by atoms with Gasteiger partial charge in [-0.15, -0.1) is 0 Å². The summed E-state index contributed by atoms with van der Waals surface area (Å²) in [5.41, 5.74) is 2.65. The van der Waals surface area contributed by atoms with Crippen LogP contribution in [0.2, 0.25) is 0 Å². The summed E-state index contributed by atoms with van der Waals surface area (Å²) >= 11 is 0. The van der Waals surface area contributed by atoms with Crippen LogP contribution >= 0.6 is 0 Å². The molecule has 2 aromatic carbocycles. The Kier molecular flexibility index (Phi) is 6.26. The van der Waals surface area contributed by atoms with E-state index in [-0.39, 0.29) is 5.91 Å². The van der Waals surface area contributed by atoms with Gasteiger partial charge in [0.2, 0.25) is 0 Å². The molecule has 0 atom stereocenters. The van der Waals surface area contributed by atoms with E-state index >= 15 is 0 Å². The fourth-order valence-electron chi connectivity index (χ4n) is 2.97. The van der Waals surface area contributed by atoms with E-state index in [1.165, 1.54) is 0 Å². The van der Waals surface area contributed by atoms with Gasteiger partial charge in [0.05, 0.1) is 18.7 Å². The number of rotatable bonds is 8. The van der Waals surface area contributed by atoms with E-state index in [0.29, 0.717) is 36.8 Å². The normalized spacial score (nSPS) is 10.6. The Morgan fingerprint density at radius 1 is 1.00 bits per heavy atom. The number of aromatic nitrogens is 1. The molecular formula is C22H24N2O3. The van der Waals surface area contributed by atoms with Crippen LogP contribution in [0.3, 0.4) is 0 Å². The van der Waals surface area contributed by atoms with E-state index in [1.807, 2.05) is 44.2 Å². The highest BCUT2D eigenvalue weighted by Crippen LogP contribution is 2.28. The Morgan fingerprint density at radius 2 is 1.78 bits per heavy atom. The number of pyridine rings is 1. The lowest BCUT2D eigenvalue weighted by Gasteiger charge is -2.12. The minimum absolute atomic E-state index is 0.132. The Bertz CT molecular complexity index is 919. The van der Waals surface area contributed by atoms with Crippen molar-refractivity contribution in [3.05, 3.63) is 65.9 Å². The van der Waals surface area contributed by atoms with Crippen molar-refractivity contribution in [2.24, 2.45) is 0 Å². The van der Waals surface area contributed by atoms with Gasteiger partial charge < -0.3 is 14.8 Å². The fourth-order valence-corrected chi connectivity index (χ4v) is 2.97. The molecule has 0 aliphatic carbocycles.